The number of fused-ring (bicyclic) bond motifs is 1. The number of H-pyrrole nitrogens is 1. The van der Waals surface area contributed by atoms with E-state index in [1.807, 2.05) is 24.4 Å². The van der Waals surface area contributed by atoms with E-state index in [9.17, 15) is 4.79 Å². The standard InChI is InChI=1S/C16H16N4OS/c21-15-12-3-1-2-4-13(12)18-14(19-15)7-10-22-16-17-8-9-20(16)11-5-6-11/h1-4,8-9,11H,5-7,10H2,(H,18,19,21). The zero-order chi connectivity index (χ0) is 14.9. The smallest absolute Gasteiger partial charge is 0.258 e. The number of nitrogens with one attached hydrogen (secondary N) is 1. The topological polar surface area (TPSA) is 63.6 Å². The monoisotopic (exact) mass is 312 g/mol. The molecule has 112 valence electrons. The van der Waals surface area contributed by atoms with Crippen molar-refractivity contribution in [2.45, 2.75) is 30.5 Å². The highest BCUT2D eigenvalue weighted by atomic mass is 32.2. The van der Waals surface area contributed by atoms with Crippen molar-refractivity contribution in [3.63, 3.8) is 0 Å². The number of hydrogen-bond donors (Lipinski definition) is 1. The largest absolute Gasteiger partial charge is 0.323 e. The van der Waals surface area contributed by atoms with Gasteiger partial charge >= 0.3 is 0 Å². The zero-order valence-electron chi connectivity index (χ0n) is 12.0. The van der Waals surface area contributed by atoms with Crippen LogP contribution in [0.2, 0.25) is 0 Å². The third kappa shape index (κ3) is 2.66. The highest BCUT2D eigenvalue weighted by Gasteiger charge is 2.25. The number of aromatic amines is 1. The van der Waals surface area contributed by atoms with E-state index >= 15 is 0 Å². The number of thioether (sulfide) groups is 1. The molecule has 3 aromatic rings. The van der Waals surface area contributed by atoms with E-state index in [0.717, 1.165) is 28.7 Å². The quantitative estimate of drug-likeness (QED) is 0.736. The van der Waals surface area contributed by atoms with Crippen molar-refractivity contribution < 1.29 is 0 Å². The summed E-state index contributed by atoms with van der Waals surface area (Å²) >= 11 is 1.72. The number of benzene rings is 1. The number of hydrogen-bond acceptors (Lipinski definition) is 4. The molecule has 0 saturated heterocycles. The van der Waals surface area contributed by atoms with E-state index < -0.39 is 0 Å². The van der Waals surface area contributed by atoms with Crippen LogP contribution in [0.5, 0.6) is 0 Å². The van der Waals surface area contributed by atoms with Crippen LogP contribution >= 0.6 is 11.8 Å². The Labute approximate surface area is 131 Å². The van der Waals surface area contributed by atoms with Gasteiger partial charge in [-0.2, -0.15) is 0 Å². The minimum atomic E-state index is -0.0647. The Morgan fingerprint density at radius 2 is 2.18 bits per heavy atom. The second-order valence-electron chi connectivity index (χ2n) is 5.48. The summed E-state index contributed by atoms with van der Waals surface area (Å²) in [7, 11) is 0. The van der Waals surface area contributed by atoms with E-state index in [-0.39, 0.29) is 5.56 Å². The highest BCUT2D eigenvalue weighted by Crippen LogP contribution is 2.37. The molecule has 1 saturated carbocycles. The molecule has 0 unspecified atom stereocenters. The van der Waals surface area contributed by atoms with Crippen molar-refractivity contribution >= 4 is 22.7 Å². The van der Waals surface area contributed by atoms with Gasteiger partial charge in [-0.15, -0.1) is 0 Å². The van der Waals surface area contributed by atoms with Crippen LogP contribution < -0.4 is 5.56 Å². The maximum Gasteiger partial charge on any atom is 0.258 e. The molecular weight excluding hydrogens is 296 g/mol. The van der Waals surface area contributed by atoms with Crippen LogP contribution in [-0.2, 0) is 6.42 Å². The Bertz CT molecular complexity index is 866. The number of para-hydroxylation sites is 1. The Morgan fingerprint density at radius 1 is 1.32 bits per heavy atom. The molecule has 5 nitrogen and oxygen atoms in total. The van der Waals surface area contributed by atoms with Gasteiger partial charge in [0.15, 0.2) is 5.16 Å². The molecule has 6 heteroatoms. The molecule has 1 aliphatic rings. The fourth-order valence-corrected chi connectivity index (χ4v) is 3.51. The predicted octanol–water partition coefficient (Wildman–Crippen LogP) is 2.79. The van der Waals surface area contributed by atoms with Gasteiger partial charge in [-0.05, 0) is 25.0 Å². The van der Waals surface area contributed by atoms with E-state index in [1.54, 1.807) is 17.8 Å². The number of aryl methyl sites for hydroxylation is 1. The van der Waals surface area contributed by atoms with Gasteiger partial charge < -0.3 is 9.55 Å². The molecule has 1 aliphatic carbocycles. The maximum atomic E-state index is 12.0. The van der Waals surface area contributed by atoms with Gasteiger partial charge in [0.2, 0.25) is 0 Å². The summed E-state index contributed by atoms with van der Waals surface area (Å²) < 4.78 is 2.25. The van der Waals surface area contributed by atoms with Gasteiger partial charge in [-0.25, -0.2) is 9.97 Å². The normalized spacial score (nSPS) is 14.5. The average Bonchev–Trinajstić information content (AvgIpc) is 3.27. The van der Waals surface area contributed by atoms with Crippen LogP contribution in [0.3, 0.4) is 0 Å². The molecule has 0 spiro atoms. The Kier molecular flexibility index (Phi) is 3.46. The molecule has 1 aromatic carbocycles. The van der Waals surface area contributed by atoms with Gasteiger partial charge in [0.05, 0.1) is 10.9 Å². The van der Waals surface area contributed by atoms with Crippen molar-refractivity contribution in [3.05, 3.63) is 52.8 Å². The van der Waals surface area contributed by atoms with E-state index in [1.165, 1.54) is 12.8 Å². The van der Waals surface area contributed by atoms with Crippen LogP contribution in [0.15, 0.2) is 46.6 Å². The summed E-state index contributed by atoms with van der Waals surface area (Å²) in [4.78, 5) is 23.8. The summed E-state index contributed by atoms with van der Waals surface area (Å²) in [6.45, 7) is 0. The first kappa shape index (κ1) is 13.6. The fraction of sp³-hybridized carbons (Fsp3) is 0.312. The lowest BCUT2D eigenvalue weighted by Gasteiger charge is -2.05. The van der Waals surface area contributed by atoms with Crippen LogP contribution in [0.25, 0.3) is 10.9 Å². The summed E-state index contributed by atoms with van der Waals surface area (Å²) in [6, 6.07) is 8.07. The van der Waals surface area contributed by atoms with Gasteiger partial charge in [0.1, 0.15) is 5.82 Å². The van der Waals surface area contributed by atoms with E-state index in [0.29, 0.717) is 11.4 Å². The van der Waals surface area contributed by atoms with Crippen molar-refractivity contribution in [2.24, 2.45) is 0 Å². The van der Waals surface area contributed by atoms with Gasteiger partial charge in [-0.1, -0.05) is 23.9 Å². The summed E-state index contributed by atoms with van der Waals surface area (Å²) in [6.07, 6.45) is 7.14. The molecule has 0 aliphatic heterocycles. The molecule has 22 heavy (non-hydrogen) atoms. The second kappa shape index (κ2) is 5.61. The van der Waals surface area contributed by atoms with Crippen LogP contribution in [-0.4, -0.2) is 25.3 Å². The lowest BCUT2D eigenvalue weighted by Crippen LogP contribution is -2.12. The third-order valence-electron chi connectivity index (χ3n) is 3.81. The maximum absolute atomic E-state index is 12.0. The van der Waals surface area contributed by atoms with Crippen molar-refractivity contribution in [1.29, 1.82) is 0 Å². The van der Waals surface area contributed by atoms with Crippen LogP contribution in [0, 0.1) is 0 Å². The molecule has 0 bridgehead atoms. The number of nitrogens with zero attached hydrogens (tertiary/aromatic N) is 3. The molecule has 0 radical (unpaired) electrons. The number of aromatic nitrogens is 4. The Balaban J connectivity index is 1.47. The number of rotatable bonds is 5. The average molecular weight is 312 g/mol. The van der Waals surface area contributed by atoms with Crippen LogP contribution in [0.1, 0.15) is 24.7 Å². The molecule has 1 fully saturated rings. The van der Waals surface area contributed by atoms with Crippen molar-refractivity contribution in [2.75, 3.05) is 5.75 Å². The molecule has 1 N–H and O–H groups in total. The molecule has 4 rings (SSSR count). The predicted molar refractivity (Wildman–Crippen MR) is 87.3 cm³/mol. The summed E-state index contributed by atoms with van der Waals surface area (Å²) in [5.41, 5.74) is 0.691. The fourth-order valence-electron chi connectivity index (χ4n) is 2.53. The first-order valence-electron chi connectivity index (χ1n) is 7.45. The highest BCUT2D eigenvalue weighted by molar-refractivity contribution is 7.99. The first-order valence-corrected chi connectivity index (χ1v) is 8.43. The molecule has 0 amide bonds. The minimum absolute atomic E-state index is 0.0647. The zero-order valence-corrected chi connectivity index (χ0v) is 12.8. The van der Waals surface area contributed by atoms with E-state index in [2.05, 4.69) is 25.7 Å². The SMILES string of the molecule is O=c1[nH]c(CCSc2nccn2C2CC2)nc2ccccc12. The van der Waals surface area contributed by atoms with Crippen molar-refractivity contribution in [3.8, 4) is 0 Å². The Hall–Kier alpha value is -2.08. The van der Waals surface area contributed by atoms with Gasteiger partial charge in [0.25, 0.3) is 5.56 Å². The lowest BCUT2D eigenvalue weighted by molar-refractivity contribution is 0.662. The summed E-state index contributed by atoms with van der Waals surface area (Å²) in [5.74, 6) is 1.59. The number of imidazole rings is 1. The molecule has 2 heterocycles. The Morgan fingerprint density at radius 3 is 3.05 bits per heavy atom. The van der Waals surface area contributed by atoms with Crippen molar-refractivity contribution in [1.82, 2.24) is 19.5 Å². The second-order valence-corrected chi connectivity index (χ2v) is 6.54. The minimum Gasteiger partial charge on any atom is -0.323 e. The summed E-state index contributed by atoms with van der Waals surface area (Å²) in [5, 5.41) is 1.70. The molecular formula is C16H16N4OS. The third-order valence-corrected chi connectivity index (χ3v) is 4.79. The van der Waals surface area contributed by atoms with Gasteiger partial charge in [-0.3, -0.25) is 4.79 Å². The molecule has 0 atom stereocenters. The first-order chi connectivity index (χ1) is 10.8. The van der Waals surface area contributed by atoms with E-state index in [4.69, 9.17) is 0 Å². The lowest BCUT2D eigenvalue weighted by atomic mass is 10.2. The molecule has 2 aromatic heterocycles. The van der Waals surface area contributed by atoms with Gasteiger partial charge in [0, 0.05) is 30.6 Å². The van der Waals surface area contributed by atoms with Crippen LogP contribution in [0.4, 0.5) is 0 Å².